The summed E-state index contributed by atoms with van der Waals surface area (Å²) in [6.07, 6.45) is 1.97. The Balaban J connectivity index is 2.71. The average molecular weight is 243 g/mol. The van der Waals surface area contributed by atoms with Crippen molar-refractivity contribution in [3.63, 3.8) is 0 Å². The molecular weight excluding hydrogens is 224 g/mol. The van der Waals surface area contributed by atoms with Crippen molar-refractivity contribution >= 4 is 11.6 Å². The first-order chi connectivity index (χ1) is 7.54. The summed E-state index contributed by atoms with van der Waals surface area (Å²) in [5.41, 5.74) is 0.829. The Morgan fingerprint density at radius 1 is 1.44 bits per heavy atom. The highest BCUT2D eigenvalue weighted by molar-refractivity contribution is 6.17. The summed E-state index contributed by atoms with van der Waals surface area (Å²) in [7, 11) is 0. The Hall–Kier alpha value is -0.830. The van der Waals surface area contributed by atoms with Crippen molar-refractivity contribution in [2.24, 2.45) is 5.92 Å². The van der Waals surface area contributed by atoms with Gasteiger partial charge in [0.15, 0.2) is 0 Å². The van der Waals surface area contributed by atoms with E-state index < -0.39 is 0 Å². The third kappa shape index (κ3) is 3.63. The molecule has 1 atom stereocenters. The van der Waals surface area contributed by atoms with E-state index in [0.717, 1.165) is 30.9 Å². The van der Waals surface area contributed by atoms with Gasteiger partial charge in [-0.15, -0.1) is 11.6 Å². The molecule has 0 aliphatic heterocycles. The maximum absolute atomic E-state index is 11.7. The monoisotopic (exact) mass is 242 g/mol. The smallest absolute Gasteiger partial charge is 0.253 e. The molecule has 0 radical (unpaired) electrons. The fourth-order valence-corrected chi connectivity index (χ4v) is 2.09. The van der Waals surface area contributed by atoms with Gasteiger partial charge >= 0.3 is 0 Å². The number of halogens is 1. The molecule has 0 spiro atoms. The Morgan fingerprint density at radius 3 is 2.69 bits per heavy atom. The molecule has 0 aliphatic rings. The van der Waals surface area contributed by atoms with Gasteiger partial charge in [-0.1, -0.05) is 6.92 Å². The Labute approximate surface area is 101 Å². The van der Waals surface area contributed by atoms with E-state index in [1.165, 1.54) is 0 Å². The highest BCUT2D eigenvalue weighted by Gasteiger charge is 2.06. The van der Waals surface area contributed by atoms with Crippen molar-refractivity contribution in [1.82, 2.24) is 9.55 Å². The molecule has 0 amide bonds. The standard InChI is InChI=1S/C12H19ClN2O/c1-9(4-6-13)5-7-15-11(3)14-10(2)8-12(15)16/h8-9H,4-7H2,1-3H3. The molecule has 0 aromatic carbocycles. The molecule has 1 heterocycles. The Kier molecular flexibility index (Phi) is 5.00. The molecule has 0 N–H and O–H groups in total. The molecule has 4 heteroatoms. The zero-order chi connectivity index (χ0) is 12.1. The molecule has 0 saturated heterocycles. The lowest BCUT2D eigenvalue weighted by atomic mass is 10.1. The van der Waals surface area contributed by atoms with Crippen LogP contribution in [0.4, 0.5) is 0 Å². The zero-order valence-corrected chi connectivity index (χ0v) is 10.9. The fraction of sp³-hybridized carbons (Fsp3) is 0.667. The second-order valence-electron chi connectivity index (χ2n) is 4.31. The SMILES string of the molecule is Cc1cc(=O)n(CCC(C)CCCl)c(C)n1. The van der Waals surface area contributed by atoms with Gasteiger partial charge in [-0.05, 0) is 32.6 Å². The van der Waals surface area contributed by atoms with E-state index in [4.69, 9.17) is 11.6 Å². The van der Waals surface area contributed by atoms with Gasteiger partial charge in [0.05, 0.1) is 0 Å². The summed E-state index contributed by atoms with van der Waals surface area (Å²) >= 11 is 5.68. The van der Waals surface area contributed by atoms with Gasteiger partial charge in [0, 0.05) is 24.2 Å². The van der Waals surface area contributed by atoms with Gasteiger partial charge in [0.1, 0.15) is 5.82 Å². The third-order valence-electron chi connectivity index (χ3n) is 2.77. The number of hydrogen-bond acceptors (Lipinski definition) is 2. The highest BCUT2D eigenvalue weighted by atomic mass is 35.5. The number of alkyl halides is 1. The van der Waals surface area contributed by atoms with Crippen molar-refractivity contribution in [3.05, 3.63) is 27.9 Å². The van der Waals surface area contributed by atoms with E-state index in [0.29, 0.717) is 11.8 Å². The largest absolute Gasteiger partial charge is 0.297 e. The molecule has 90 valence electrons. The lowest BCUT2D eigenvalue weighted by Gasteiger charge is -2.13. The van der Waals surface area contributed by atoms with Gasteiger partial charge in [-0.25, -0.2) is 4.98 Å². The van der Waals surface area contributed by atoms with Gasteiger partial charge in [-0.3, -0.25) is 9.36 Å². The first-order valence-electron chi connectivity index (χ1n) is 5.65. The molecule has 1 rings (SSSR count). The minimum absolute atomic E-state index is 0.0445. The number of hydrogen-bond donors (Lipinski definition) is 0. The summed E-state index contributed by atoms with van der Waals surface area (Å²) in [5.74, 6) is 2.02. The first-order valence-corrected chi connectivity index (χ1v) is 6.19. The van der Waals surface area contributed by atoms with E-state index in [1.54, 1.807) is 10.6 Å². The van der Waals surface area contributed by atoms with Gasteiger partial charge in [0.25, 0.3) is 5.56 Å². The van der Waals surface area contributed by atoms with Crippen LogP contribution in [0.1, 0.15) is 31.3 Å². The Bertz CT molecular complexity index is 400. The average Bonchev–Trinajstić information content (AvgIpc) is 2.16. The van der Waals surface area contributed by atoms with Crippen LogP contribution in [0.15, 0.2) is 10.9 Å². The minimum Gasteiger partial charge on any atom is -0.297 e. The van der Waals surface area contributed by atoms with E-state index in [9.17, 15) is 4.79 Å². The highest BCUT2D eigenvalue weighted by Crippen LogP contribution is 2.09. The summed E-state index contributed by atoms with van der Waals surface area (Å²) in [6.45, 7) is 6.61. The molecule has 0 fully saturated rings. The van der Waals surface area contributed by atoms with Crippen molar-refractivity contribution in [2.45, 2.75) is 40.2 Å². The summed E-state index contributed by atoms with van der Waals surface area (Å²) in [4.78, 5) is 16.0. The predicted molar refractivity (Wildman–Crippen MR) is 67.1 cm³/mol. The molecule has 0 saturated carbocycles. The Morgan fingerprint density at radius 2 is 2.12 bits per heavy atom. The molecule has 0 aliphatic carbocycles. The van der Waals surface area contributed by atoms with Crippen LogP contribution in [-0.2, 0) is 6.54 Å². The summed E-state index contributed by atoms with van der Waals surface area (Å²) in [6, 6.07) is 1.58. The zero-order valence-electron chi connectivity index (χ0n) is 10.2. The molecule has 1 aromatic rings. The van der Waals surface area contributed by atoms with Crippen LogP contribution in [0.25, 0.3) is 0 Å². The predicted octanol–water partition coefficient (Wildman–Crippen LogP) is 2.52. The fourth-order valence-electron chi connectivity index (χ4n) is 1.72. The second kappa shape index (κ2) is 6.04. The van der Waals surface area contributed by atoms with E-state index in [-0.39, 0.29) is 5.56 Å². The number of rotatable bonds is 5. The maximum Gasteiger partial charge on any atom is 0.253 e. The molecular formula is C12H19ClN2O. The second-order valence-corrected chi connectivity index (χ2v) is 4.68. The van der Waals surface area contributed by atoms with Gasteiger partial charge < -0.3 is 0 Å². The normalized spacial score (nSPS) is 12.8. The van der Waals surface area contributed by atoms with Crippen molar-refractivity contribution in [1.29, 1.82) is 0 Å². The summed E-state index contributed by atoms with van der Waals surface area (Å²) in [5, 5.41) is 0. The molecule has 1 unspecified atom stereocenters. The number of nitrogens with zero attached hydrogens (tertiary/aromatic N) is 2. The van der Waals surface area contributed by atoms with Crippen LogP contribution in [0, 0.1) is 19.8 Å². The minimum atomic E-state index is 0.0445. The van der Waals surface area contributed by atoms with Crippen LogP contribution >= 0.6 is 11.6 Å². The van der Waals surface area contributed by atoms with Crippen LogP contribution in [0.5, 0.6) is 0 Å². The number of aryl methyl sites for hydroxylation is 2. The lowest BCUT2D eigenvalue weighted by Crippen LogP contribution is -2.24. The lowest BCUT2D eigenvalue weighted by molar-refractivity contribution is 0.456. The van der Waals surface area contributed by atoms with E-state index in [1.807, 2.05) is 13.8 Å². The van der Waals surface area contributed by atoms with E-state index >= 15 is 0 Å². The van der Waals surface area contributed by atoms with E-state index in [2.05, 4.69) is 11.9 Å². The molecule has 3 nitrogen and oxygen atoms in total. The molecule has 16 heavy (non-hydrogen) atoms. The van der Waals surface area contributed by atoms with Crippen LogP contribution < -0.4 is 5.56 Å². The topological polar surface area (TPSA) is 34.9 Å². The third-order valence-corrected chi connectivity index (χ3v) is 2.99. The number of aromatic nitrogens is 2. The maximum atomic E-state index is 11.7. The summed E-state index contributed by atoms with van der Waals surface area (Å²) < 4.78 is 1.73. The van der Waals surface area contributed by atoms with Crippen molar-refractivity contribution in [3.8, 4) is 0 Å². The van der Waals surface area contributed by atoms with Crippen molar-refractivity contribution in [2.75, 3.05) is 5.88 Å². The quantitative estimate of drug-likeness (QED) is 0.744. The van der Waals surface area contributed by atoms with Crippen molar-refractivity contribution < 1.29 is 0 Å². The molecule has 0 bridgehead atoms. The van der Waals surface area contributed by atoms with Gasteiger partial charge in [-0.2, -0.15) is 0 Å². The first kappa shape index (κ1) is 13.2. The van der Waals surface area contributed by atoms with Crippen LogP contribution in [-0.4, -0.2) is 15.4 Å². The molecule has 1 aromatic heterocycles. The van der Waals surface area contributed by atoms with Crippen LogP contribution in [0.2, 0.25) is 0 Å². The van der Waals surface area contributed by atoms with Gasteiger partial charge in [0.2, 0.25) is 0 Å². The van der Waals surface area contributed by atoms with Crippen LogP contribution in [0.3, 0.4) is 0 Å².